The zero-order valence-corrected chi connectivity index (χ0v) is 20.4. The Hall–Kier alpha value is -2.04. The molecule has 0 amide bonds. The van der Waals surface area contributed by atoms with Crippen LogP contribution in [0.15, 0.2) is 29.6 Å². The lowest BCUT2D eigenvalue weighted by Crippen LogP contribution is -2.43. The molecule has 0 bridgehead atoms. The van der Waals surface area contributed by atoms with Crippen LogP contribution in [-0.2, 0) is 0 Å². The van der Waals surface area contributed by atoms with Gasteiger partial charge in [0, 0.05) is 13.6 Å². The molecule has 1 fully saturated rings. The van der Waals surface area contributed by atoms with Crippen LogP contribution in [0.5, 0.6) is 0 Å². The van der Waals surface area contributed by atoms with Crippen LogP contribution in [0, 0.1) is 22.7 Å². The number of nitrogens with zero attached hydrogens (tertiary/aromatic N) is 4. The van der Waals surface area contributed by atoms with Gasteiger partial charge in [0.25, 0.3) is 0 Å². The van der Waals surface area contributed by atoms with E-state index in [4.69, 9.17) is 5.73 Å². The highest BCUT2D eigenvalue weighted by molar-refractivity contribution is 5.81. The van der Waals surface area contributed by atoms with Gasteiger partial charge < -0.3 is 15.5 Å². The maximum atomic E-state index is 6.16. The van der Waals surface area contributed by atoms with E-state index in [1.165, 1.54) is 37.7 Å². The molecule has 0 aromatic carbocycles. The Bertz CT molecular complexity index is 886. The Morgan fingerprint density at radius 1 is 1.26 bits per heavy atom. The number of rotatable bonds is 5. The van der Waals surface area contributed by atoms with Crippen LogP contribution >= 0.6 is 0 Å². The van der Waals surface area contributed by atoms with Crippen molar-refractivity contribution in [2.45, 2.75) is 73.1 Å². The molecule has 1 saturated carbocycles. The minimum absolute atomic E-state index is 0.328. The van der Waals surface area contributed by atoms with Crippen LogP contribution in [0.25, 0.3) is 0 Å². The van der Waals surface area contributed by atoms with Gasteiger partial charge in [-0.1, -0.05) is 51.0 Å². The normalized spacial score (nSPS) is 30.1. The summed E-state index contributed by atoms with van der Waals surface area (Å²) in [6.07, 6.45) is 14.3. The zero-order chi connectivity index (χ0) is 22.4. The van der Waals surface area contributed by atoms with Crippen LogP contribution in [0.4, 0.5) is 17.3 Å². The Morgan fingerprint density at radius 2 is 2.03 bits per heavy atom. The highest BCUT2D eigenvalue weighted by atomic mass is 15.4. The molecule has 2 N–H and O–H groups in total. The molecule has 3 atom stereocenters. The topological polar surface area (TPSA) is 58.3 Å². The second-order valence-electron chi connectivity index (χ2n) is 11.2. The van der Waals surface area contributed by atoms with Gasteiger partial charge in [-0.15, -0.1) is 0 Å². The molecule has 5 heteroatoms. The highest BCUT2D eigenvalue weighted by Crippen LogP contribution is 2.58. The molecule has 2 heterocycles. The number of hydrogen-bond donors (Lipinski definition) is 1. The fraction of sp³-hybridized carbons (Fsp3) is 0.692. The van der Waals surface area contributed by atoms with Crippen LogP contribution in [0.3, 0.4) is 0 Å². The molecular weight excluding hydrogens is 382 g/mol. The average molecular weight is 424 g/mol. The first-order valence-corrected chi connectivity index (χ1v) is 12.1. The maximum Gasteiger partial charge on any atom is 0.159 e. The predicted molar refractivity (Wildman–Crippen MR) is 131 cm³/mol. The van der Waals surface area contributed by atoms with Crippen molar-refractivity contribution in [2.75, 3.05) is 35.8 Å². The average Bonchev–Trinajstić information content (AvgIpc) is 3.05. The quantitative estimate of drug-likeness (QED) is 0.607. The third kappa shape index (κ3) is 3.96. The summed E-state index contributed by atoms with van der Waals surface area (Å²) in [5.41, 5.74) is 11.2. The zero-order valence-electron chi connectivity index (χ0n) is 20.4. The van der Waals surface area contributed by atoms with E-state index in [1.807, 2.05) is 0 Å². The summed E-state index contributed by atoms with van der Waals surface area (Å²) in [5, 5.41) is 0. The van der Waals surface area contributed by atoms with E-state index in [0.29, 0.717) is 16.6 Å². The fourth-order valence-electron chi connectivity index (χ4n) is 6.26. The number of allylic oxidation sites excluding steroid dienone is 3. The molecule has 5 nitrogen and oxygen atoms in total. The van der Waals surface area contributed by atoms with Gasteiger partial charge in [0.15, 0.2) is 11.6 Å². The first-order chi connectivity index (χ1) is 14.6. The molecular formula is C26H41N5. The van der Waals surface area contributed by atoms with Crippen molar-refractivity contribution in [1.29, 1.82) is 0 Å². The molecule has 0 radical (unpaired) electrons. The minimum atomic E-state index is 0.328. The third-order valence-electron chi connectivity index (χ3n) is 8.70. The summed E-state index contributed by atoms with van der Waals surface area (Å²) < 4.78 is 0. The highest BCUT2D eigenvalue weighted by Gasteiger charge is 2.47. The lowest BCUT2D eigenvalue weighted by atomic mass is 9.52. The van der Waals surface area contributed by atoms with Gasteiger partial charge in [0.2, 0.25) is 0 Å². The standard InChI is InChI=1S/C26H41N5/c1-18(12-15-31-17-30(6)24-22(31)23(27)28-16-29-24)11-14-26(5)19(2)9-10-20-21(26)8-7-13-25(20,3)4/h8,12,16,19-20H,7,9-11,13-15,17H2,1-6H3,(H2,27,28,29). The predicted octanol–water partition coefficient (Wildman–Crippen LogP) is 5.80. The van der Waals surface area contributed by atoms with Crippen LogP contribution in [0.2, 0.25) is 0 Å². The van der Waals surface area contributed by atoms with Crippen LogP contribution < -0.4 is 15.5 Å². The first kappa shape index (κ1) is 22.2. The molecule has 1 aliphatic heterocycles. The summed E-state index contributed by atoms with van der Waals surface area (Å²) in [4.78, 5) is 13.0. The number of hydrogen-bond acceptors (Lipinski definition) is 5. The van der Waals surface area contributed by atoms with E-state index in [2.05, 4.69) is 73.6 Å². The van der Waals surface area contributed by atoms with E-state index in [9.17, 15) is 0 Å². The lowest BCUT2D eigenvalue weighted by Gasteiger charge is -2.53. The SMILES string of the molecule is CC(=CCN1CN(C)c2ncnc(N)c21)CCC1(C)C2=CCCC(C)(C)C2CCC1C. The lowest BCUT2D eigenvalue weighted by molar-refractivity contribution is 0.0812. The summed E-state index contributed by atoms with van der Waals surface area (Å²) in [6, 6.07) is 0. The summed E-state index contributed by atoms with van der Waals surface area (Å²) in [5.74, 6) is 3.03. The maximum absolute atomic E-state index is 6.16. The van der Waals surface area contributed by atoms with E-state index in [0.717, 1.165) is 43.0 Å². The fourth-order valence-corrected chi connectivity index (χ4v) is 6.26. The van der Waals surface area contributed by atoms with Crippen LogP contribution in [-0.4, -0.2) is 30.2 Å². The number of anilines is 3. The Morgan fingerprint density at radius 3 is 2.81 bits per heavy atom. The van der Waals surface area contributed by atoms with Crippen molar-refractivity contribution >= 4 is 17.3 Å². The Labute approximate surface area is 188 Å². The molecule has 0 spiro atoms. The number of nitrogen functional groups attached to an aromatic ring is 1. The summed E-state index contributed by atoms with van der Waals surface area (Å²) >= 11 is 0. The minimum Gasteiger partial charge on any atom is -0.382 e. The van der Waals surface area contributed by atoms with Gasteiger partial charge >= 0.3 is 0 Å². The monoisotopic (exact) mass is 423 g/mol. The second-order valence-corrected chi connectivity index (χ2v) is 11.2. The van der Waals surface area contributed by atoms with Gasteiger partial charge in [-0.2, -0.15) is 0 Å². The Kier molecular flexibility index (Phi) is 5.82. The molecule has 1 aromatic rings. The molecule has 2 aliphatic carbocycles. The molecule has 3 unspecified atom stereocenters. The van der Waals surface area contributed by atoms with Crippen molar-refractivity contribution in [3.8, 4) is 0 Å². The van der Waals surface area contributed by atoms with E-state index in [1.54, 1.807) is 11.9 Å². The van der Waals surface area contributed by atoms with Gasteiger partial charge in [0.1, 0.15) is 12.0 Å². The van der Waals surface area contributed by atoms with Crippen molar-refractivity contribution in [3.63, 3.8) is 0 Å². The van der Waals surface area contributed by atoms with E-state index in [-0.39, 0.29) is 0 Å². The van der Waals surface area contributed by atoms with Crippen molar-refractivity contribution in [3.05, 3.63) is 29.6 Å². The largest absolute Gasteiger partial charge is 0.382 e. The Balaban J connectivity index is 1.44. The molecule has 4 rings (SSSR count). The van der Waals surface area contributed by atoms with Crippen molar-refractivity contribution in [1.82, 2.24) is 9.97 Å². The van der Waals surface area contributed by atoms with Crippen LogP contribution in [0.1, 0.15) is 73.1 Å². The number of nitrogens with two attached hydrogens (primary N) is 1. The molecule has 3 aliphatic rings. The first-order valence-electron chi connectivity index (χ1n) is 12.1. The van der Waals surface area contributed by atoms with Crippen molar-refractivity contribution in [2.24, 2.45) is 22.7 Å². The van der Waals surface area contributed by atoms with Gasteiger partial charge in [-0.3, -0.25) is 0 Å². The number of aromatic nitrogens is 2. The summed E-state index contributed by atoms with van der Waals surface area (Å²) in [7, 11) is 2.06. The van der Waals surface area contributed by atoms with E-state index < -0.39 is 0 Å². The molecule has 170 valence electrons. The van der Waals surface area contributed by atoms with Gasteiger partial charge in [-0.25, -0.2) is 9.97 Å². The molecule has 0 saturated heterocycles. The molecule has 1 aromatic heterocycles. The van der Waals surface area contributed by atoms with Gasteiger partial charge in [-0.05, 0) is 68.1 Å². The second kappa shape index (κ2) is 8.14. The number of fused-ring (bicyclic) bond motifs is 2. The van der Waals surface area contributed by atoms with Gasteiger partial charge in [0.05, 0.1) is 6.67 Å². The summed E-state index contributed by atoms with van der Waals surface area (Å²) in [6.45, 7) is 14.0. The third-order valence-corrected chi connectivity index (χ3v) is 8.70. The molecule has 31 heavy (non-hydrogen) atoms. The van der Waals surface area contributed by atoms with E-state index >= 15 is 0 Å². The van der Waals surface area contributed by atoms with Crippen molar-refractivity contribution < 1.29 is 0 Å². The smallest absolute Gasteiger partial charge is 0.159 e.